The number of rotatable bonds is 7. The van der Waals surface area contributed by atoms with Crippen LogP contribution in [0.2, 0.25) is 0 Å². The molecule has 3 aliphatic rings. The van der Waals surface area contributed by atoms with Crippen LogP contribution < -0.4 is 16.0 Å². The van der Waals surface area contributed by atoms with Gasteiger partial charge in [-0.05, 0) is 62.2 Å². The third kappa shape index (κ3) is 4.73. The highest BCUT2D eigenvalue weighted by Crippen LogP contribution is 2.53. The van der Waals surface area contributed by atoms with Gasteiger partial charge < -0.3 is 41.3 Å². The first kappa shape index (κ1) is 31.2. The van der Waals surface area contributed by atoms with Crippen LogP contribution >= 0.6 is 0 Å². The van der Waals surface area contributed by atoms with E-state index in [4.69, 9.17) is 11.0 Å². The van der Waals surface area contributed by atoms with E-state index in [-0.39, 0.29) is 36.3 Å². The van der Waals surface area contributed by atoms with Gasteiger partial charge in [-0.2, -0.15) is 5.26 Å². The molecule has 6 atom stereocenters. The standard InChI is InChI=1S/C32H37N5O7/c1-36(2)21-11-18(14-35-13-16-7-5-15(12-33)6-8-16)26(38)23-19(21)9-17-10-20-25(37(3)4)28(40)24(31(34)43)30(42)32(20,44)29(41)22(17)27(23)39/h5-8,11,17,20,24-25,28,35,38,40-41,44H,9-10,13-14H2,1-4H3,(H2,34,43)/t17-,20-,24?,25?,28?,32-/m0/s1. The Hall–Kier alpha value is -4.28. The molecule has 0 aliphatic heterocycles. The van der Waals surface area contributed by atoms with Crippen LogP contribution in [0, 0.1) is 29.1 Å². The molecule has 0 radical (unpaired) electrons. The number of allylic oxidation sites excluding steroid dienone is 1. The molecule has 0 saturated heterocycles. The molecule has 2 aromatic rings. The van der Waals surface area contributed by atoms with Gasteiger partial charge >= 0.3 is 0 Å². The van der Waals surface area contributed by atoms with Crippen molar-refractivity contribution in [3.8, 4) is 11.8 Å². The first-order valence-corrected chi connectivity index (χ1v) is 14.4. The number of nitrogens with one attached hydrogen (secondary N) is 1. The molecule has 1 fully saturated rings. The minimum absolute atomic E-state index is 0.0230. The van der Waals surface area contributed by atoms with Gasteiger partial charge in [-0.1, -0.05) is 12.1 Å². The summed E-state index contributed by atoms with van der Waals surface area (Å²) in [6.45, 7) is 0.618. The van der Waals surface area contributed by atoms with E-state index in [1.165, 1.54) is 0 Å². The van der Waals surface area contributed by atoms with E-state index in [0.29, 0.717) is 28.9 Å². The number of likely N-dealkylation sites (N-methyl/N-ethyl adjacent to an activating group) is 1. The van der Waals surface area contributed by atoms with Crippen LogP contribution in [0.4, 0.5) is 5.69 Å². The summed E-state index contributed by atoms with van der Waals surface area (Å²) in [6.07, 6.45) is -1.25. The van der Waals surface area contributed by atoms with Crippen LogP contribution in [-0.4, -0.2) is 88.7 Å². The number of Topliss-reactive ketones (excluding diaryl/α,β-unsaturated/α-hetero) is 2. The van der Waals surface area contributed by atoms with E-state index in [9.17, 15) is 34.8 Å². The van der Waals surface area contributed by atoms with Crippen molar-refractivity contribution in [3.63, 3.8) is 0 Å². The van der Waals surface area contributed by atoms with Crippen molar-refractivity contribution in [3.05, 3.63) is 69.5 Å². The smallest absolute Gasteiger partial charge is 0.230 e. The van der Waals surface area contributed by atoms with Gasteiger partial charge in [0.15, 0.2) is 17.2 Å². The Labute approximate surface area is 255 Å². The lowest BCUT2D eigenvalue weighted by Gasteiger charge is -2.53. The quantitative estimate of drug-likeness (QED) is 0.241. The summed E-state index contributed by atoms with van der Waals surface area (Å²) in [5.41, 5.74) is 5.76. The normalized spacial score (nSPS) is 27.8. The number of hydrogen-bond donors (Lipinski definition) is 6. The molecule has 0 spiro atoms. The summed E-state index contributed by atoms with van der Waals surface area (Å²) in [5.74, 6) is -7.62. The first-order valence-electron chi connectivity index (χ1n) is 14.4. The second-order valence-corrected chi connectivity index (χ2v) is 12.4. The van der Waals surface area contributed by atoms with Gasteiger partial charge in [-0.3, -0.25) is 14.4 Å². The molecule has 1 saturated carbocycles. The van der Waals surface area contributed by atoms with Crippen LogP contribution in [0.1, 0.15) is 39.0 Å². The molecule has 232 valence electrons. The predicted molar refractivity (Wildman–Crippen MR) is 160 cm³/mol. The Kier molecular flexibility index (Phi) is 8.02. The van der Waals surface area contributed by atoms with E-state index < -0.39 is 58.7 Å². The number of hydrogen-bond acceptors (Lipinski definition) is 11. The fourth-order valence-electron chi connectivity index (χ4n) is 7.28. The van der Waals surface area contributed by atoms with E-state index in [1.54, 1.807) is 37.2 Å². The topological polar surface area (TPSA) is 200 Å². The third-order valence-electron chi connectivity index (χ3n) is 9.36. The number of benzene rings is 2. The van der Waals surface area contributed by atoms with Crippen molar-refractivity contribution in [2.75, 3.05) is 33.1 Å². The van der Waals surface area contributed by atoms with Gasteiger partial charge in [-0.15, -0.1) is 0 Å². The first-order chi connectivity index (χ1) is 20.7. The van der Waals surface area contributed by atoms with E-state index in [2.05, 4.69) is 11.4 Å². The molecule has 1 amide bonds. The second-order valence-electron chi connectivity index (χ2n) is 12.4. The van der Waals surface area contributed by atoms with Crippen molar-refractivity contribution < 1.29 is 34.8 Å². The van der Waals surface area contributed by atoms with Gasteiger partial charge in [0.2, 0.25) is 5.91 Å². The highest BCUT2D eigenvalue weighted by Gasteiger charge is 2.66. The zero-order chi connectivity index (χ0) is 32.2. The number of aliphatic hydroxyl groups is 3. The van der Waals surface area contributed by atoms with Crippen LogP contribution in [0.5, 0.6) is 5.75 Å². The van der Waals surface area contributed by atoms with Crippen molar-refractivity contribution >= 4 is 23.2 Å². The number of nitrogens with zero attached hydrogens (tertiary/aromatic N) is 3. The SMILES string of the molecule is CN(C)c1cc(CNCc2ccc(C#N)cc2)c(O)c2c1C[C@H]1C[C@H]3C(N(C)C)C(O)C(C(N)=O)C(=O)[C@@]3(O)C(O)=C1C2=O. The third-order valence-corrected chi connectivity index (χ3v) is 9.36. The number of amides is 1. The Morgan fingerprint density at radius 3 is 2.36 bits per heavy atom. The molecule has 2 aromatic carbocycles. The van der Waals surface area contributed by atoms with E-state index in [1.807, 2.05) is 31.1 Å². The average Bonchev–Trinajstić information content (AvgIpc) is 2.96. The second kappa shape index (κ2) is 11.3. The Balaban J connectivity index is 1.56. The van der Waals surface area contributed by atoms with Crippen molar-refractivity contribution in [2.24, 2.45) is 23.5 Å². The van der Waals surface area contributed by atoms with Gasteiger partial charge in [0.1, 0.15) is 17.4 Å². The zero-order valence-corrected chi connectivity index (χ0v) is 25.0. The summed E-state index contributed by atoms with van der Waals surface area (Å²) >= 11 is 0. The largest absolute Gasteiger partial charge is 0.508 e. The lowest BCUT2D eigenvalue weighted by atomic mass is 9.56. The monoisotopic (exact) mass is 603 g/mol. The van der Waals surface area contributed by atoms with Crippen LogP contribution in [0.15, 0.2) is 41.7 Å². The maximum atomic E-state index is 14.2. The molecule has 0 bridgehead atoms. The maximum absolute atomic E-state index is 14.2. The molecule has 5 rings (SSSR count). The Morgan fingerprint density at radius 2 is 1.80 bits per heavy atom. The number of aliphatic hydroxyl groups excluding tert-OH is 2. The number of primary amides is 1. The lowest BCUT2D eigenvalue weighted by molar-refractivity contribution is -0.178. The number of ketones is 2. The maximum Gasteiger partial charge on any atom is 0.230 e. The molecular formula is C32H37N5O7. The lowest BCUT2D eigenvalue weighted by Crippen LogP contribution is -2.71. The zero-order valence-electron chi connectivity index (χ0n) is 25.0. The average molecular weight is 604 g/mol. The number of phenols is 1. The Morgan fingerprint density at radius 1 is 1.14 bits per heavy atom. The molecule has 12 nitrogen and oxygen atoms in total. The molecule has 3 unspecified atom stereocenters. The highest BCUT2D eigenvalue weighted by molar-refractivity contribution is 6.16. The van der Waals surface area contributed by atoms with Crippen molar-refractivity contribution in [1.29, 1.82) is 5.26 Å². The number of fused-ring (bicyclic) bond motifs is 3. The Bertz CT molecular complexity index is 1610. The number of carbonyl (C=O) groups excluding carboxylic acids is 3. The number of aromatic hydroxyl groups is 1. The van der Waals surface area contributed by atoms with Crippen LogP contribution in [0.25, 0.3) is 0 Å². The molecule has 3 aliphatic carbocycles. The van der Waals surface area contributed by atoms with Crippen LogP contribution in [0.3, 0.4) is 0 Å². The highest BCUT2D eigenvalue weighted by atomic mass is 16.3. The van der Waals surface area contributed by atoms with E-state index >= 15 is 0 Å². The minimum Gasteiger partial charge on any atom is -0.508 e. The van der Waals surface area contributed by atoms with Crippen molar-refractivity contribution in [2.45, 2.75) is 43.7 Å². The summed E-state index contributed by atoms with van der Waals surface area (Å²) in [4.78, 5) is 43.4. The fraction of sp³-hybridized carbons (Fsp3) is 0.438. The van der Waals surface area contributed by atoms with E-state index in [0.717, 1.165) is 5.56 Å². The van der Waals surface area contributed by atoms with Gasteiger partial charge in [0, 0.05) is 56.0 Å². The molecule has 0 aromatic heterocycles. The summed E-state index contributed by atoms with van der Waals surface area (Å²) in [7, 11) is 6.88. The molecule has 0 heterocycles. The number of nitriles is 1. The van der Waals surface area contributed by atoms with Gasteiger partial charge in [0.05, 0.1) is 23.3 Å². The summed E-state index contributed by atoms with van der Waals surface area (Å²) in [5, 5.41) is 58.1. The summed E-state index contributed by atoms with van der Waals surface area (Å²) < 4.78 is 0. The van der Waals surface area contributed by atoms with Crippen LogP contribution in [-0.2, 0) is 29.1 Å². The molecular weight excluding hydrogens is 566 g/mol. The molecule has 12 heteroatoms. The van der Waals surface area contributed by atoms with Gasteiger partial charge in [0.25, 0.3) is 0 Å². The number of carbonyl (C=O) groups is 3. The summed E-state index contributed by atoms with van der Waals surface area (Å²) in [6, 6.07) is 10.00. The minimum atomic E-state index is -2.63. The van der Waals surface area contributed by atoms with Gasteiger partial charge in [-0.25, -0.2) is 0 Å². The molecule has 7 N–H and O–H groups in total. The molecule has 44 heavy (non-hydrogen) atoms. The number of anilines is 1. The fourth-order valence-corrected chi connectivity index (χ4v) is 7.28. The van der Waals surface area contributed by atoms with Crippen molar-refractivity contribution in [1.82, 2.24) is 10.2 Å². The number of phenolic OH excluding ortho intramolecular Hbond substituents is 1. The predicted octanol–water partition coefficient (Wildman–Crippen LogP) is 0.513. The number of nitrogens with two attached hydrogens (primary N) is 1.